The first-order valence-corrected chi connectivity index (χ1v) is 8.37. The number of hydrogen-bond donors (Lipinski definition) is 1. The van der Waals surface area contributed by atoms with Crippen LogP contribution in [0.2, 0.25) is 0 Å². The van der Waals surface area contributed by atoms with E-state index >= 15 is 0 Å². The highest BCUT2D eigenvalue weighted by atomic mass is 16.5. The van der Waals surface area contributed by atoms with E-state index in [9.17, 15) is 14.4 Å². The summed E-state index contributed by atoms with van der Waals surface area (Å²) in [5.41, 5.74) is 2.23. The van der Waals surface area contributed by atoms with E-state index in [1.165, 1.54) is 7.11 Å². The highest BCUT2D eigenvalue weighted by molar-refractivity contribution is 6.28. The number of hydrogen-bond acceptors (Lipinski definition) is 4. The molecule has 0 heterocycles. The van der Waals surface area contributed by atoms with Crippen LogP contribution in [-0.4, -0.2) is 24.6 Å². The van der Waals surface area contributed by atoms with Crippen LogP contribution in [0, 0.1) is 0 Å². The Morgan fingerprint density at radius 1 is 0.778 bits per heavy atom. The van der Waals surface area contributed by atoms with Crippen LogP contribution >= 0.6 is 0 Å². The molecule has 0 aliphatic heterocycles. The lowest BCUT2D eigenvalue weighted by Crippen LogP contribution is -2.21. The number of nitrogens with one attached hydrogen (secondary N) is 1. The van der Waals surface area contributed by atoms with Crippen molar-refractivity contribution in [2.45, 2.75) is 0 Å². The Balaban J connectivity index is 1.69. The molecule has 1 aliphatic rings. The molecule has 0 bridgehead atoms. The highest BCUT2D eigenvalue weighted by Gasteiger charge is 2.29. The van der Waals surface area contributed by atoms with E-state index in [4.69, 9.17) is 4.74 Å². The molecule has 0 saturated heterocycles. The zero-order valence-electron chi connectivity index (χ0n) is 14.5. The first kappa shape index (κ1) is 16.7. The maximum absolute atomic E-state index is 12.8. The van der Waals surface area contributed by atoms with Crippen LogP contribution in [0.4, 0.5) is 5.69 Å². The van der Waals surface area contributed by atoms with Gasteiger partial charge < -0.3 is 10.1 Å². The van der Waals surface area contributed by atoms with Crippen LogP contribution in [-0.2, 0) is 0 Å². The maximum Gasteiger partial charge on any atom is 0.259 e. The van der Waals surface area contributed by atoms with Crippen molar-refractivity contribution in [1.29, 1.82) is 0 Å². The van der Waals surface area contributed by atoms with Gasteiger partial charge in [0, 0.05) is 27.9 Å². The van der Waals surface area contributed by atoms with E-state index < -0.39 is 0 Å². The lowest BCUT2D eigenvalue weighted by molar-refractivity contribution is 0.0979. The molecule has 0 aromatic heterocycles. The van der Waals surface area contributed by atoms with Crippen LogP contribution in [0.5, 0.6) is 5.75 Å². The van der Waals surface area contributed by atoms with Gasteiger partial charge in [0.2, 0.25) is 0 Å². The predicted molar refractivity (Wildman–Crippen MR) is 101 cm³/mol. The SMILES string of the molecule is COc1ccccc1C(=O)Nc1ccc2c(c1)C(=O)c1ccccc1C2=O. The fourth-order valence-corrected chi connectivity index (χ4v) is 3.21. The summed E-state index contributed by atoms with van der Waals surface area (Å²) in [6, 6.07) is 18.3. The third-order valence-corrected chi connectivity index (χ3v) is 4.53. The van der Waals surface area contributed by atoms with Gasteiger partial charge in [-0.25, -0.2) is 0 Å². The number of ketones is 2. The van der Waals surface area contributed by atoms with Gasteiger partial charge in [0.05, 0.1) is 12.7 Å². The van der Waals surface area contributed by atoms with E-state index in [-0.39, 0.29) is 23.0 Å². The summed E-state index contributed by atoms with van der Waals surface area (Å²) in [7, 11) is 1.49. The summed E-state index contributed by atoms with van der Waals surface area (Å²) in [6.45, 7) is 0. The Morgan fingerprint density at radius 3 is 2.07 bits per heavy atom. The van der Waals surface area contributed by atoms with Gasteiger partial charge in [0.1, 0.15) is 5.75 Å². The summed E-state index contributed by atoms with van der Waals surface area (Å²) in [4.78, 5) is 38.0. The second-order valence-corrected chi connectivity index (χ2v) is 6.12. The third kappa shape index (κ3) is 2.79. The van der Waals surface area contributed by atoms with Gasteiger partial charge in [-0.15, -0.1) is 0 Å². The first-order chi connectivity index (χ1) is 13.1. The lowest BCUT2D eigenvalue weighted by Gasteiger charge is -2.18. The van der Waals surface area contributed by atoms with E-state index in [0.717, 1.165) is 0 Å². The molecule has 0 fully saturated rings. The van der Waals surface area contributed by atoms with Crippen LogP contribution < -0.4 is 10.1 Å². The molecular formula is C22H15NO4. The first-order valence-electron chi connectivity index (χ1n) is 8.37. The van der Waals surface area contributed by atoms with Crippen molar-refractivity contribution in [3.8, 4) is 5.75 Å². The van der Waals surface area contributed by atoms with Gasteiger partial charge >= 0.3 is 0 Å². The molecule has 5 heteroatoms. The zero-order valence-corrected chi connectivity index (χ0v) is 14.5. The van der Waals surface area contributed by atoms with Crippen LogP contribution in [0.3, 0.4) is 0 Å². The van der Waals surface area contributed by atoms with Gasteiger partial charge in [0.15, 0.2) is 11.6 Å². The highest BCUT2D eigenvalue weighted by Crippen LogP contribution is 2.29. The van der Waals surface area contributed by atoms with Crippen LogP contribution in [0.15, 0.2) is 66.7 Å². The minimum absolute atomic E-state index is 0.192. The number of carbonyl (C=O) groups excluding carboxylic acids is 3. The van der Waals surface area contributed by atoms with Gasteiger partial charge in [0.25, 0.3) is 5.91 Å². The van der Waals surface area contributed by atoms with E-state index in [1.807, 2.05) is 0 Å². The van der Waals surface area contributed by atoms with Crippen LogP contribution in [0.1, 0.15) is 42.2 Å². The van der Waals surface area contributed by atoms with Gasteiger partial charge in [-0.1, -0.05) is 36.4 Å². The monoisotopic (exact) mass is 357 g/mol. The smallest absolute Gasteiger partial charge is 0.259 e. The lowest BCUT2D eigenvalue weighted by atomic mass is 9.84. The molecule has 1 N–H and O–H groups in total. The largest absolute Gasteiger partial charge is 0.496 e. The van der Waals surface area contributed by atoms with Crippen molar-refractivity contribution >= 4 is 23.2 Å². The molecule has 1 aliphatic carbocycles. The number of amides is 1. The summed E-state index contributed by atoms with van der Waals surface area (Å²) in [6.07, 6.45) is 0. The molecule has 3 aromatic carbocycles. The summed E-state index contributed by atoms with van der Waals surface area (Å²) >= 11 is 0. The van der Waals surface area contributed by atoms with Crippen molar-refractivity contribution in [3.63, 3.8) is 0 Å². The molecule has 0 spiro atoms. The molecule has 4 rings (SSSR count). The molecule has 0 atom stereocenters. The molecular weight excluding hydrogens is 342 g/mol. The van der Waals surface area contributed by atoms with Gasteiger partial charge in [-0.05, 0) is 30.3 Å². The maximum atomic E-state index is 12.8. The van der Waals surface area contributed by atoms with E-state index in [0.29, 0.717) is 33.7 Å². The Morgan fingerprint density at radius 2 is 1.37 bits per heavy atom. The molecule has 27 heavy (non-hydrogen) atoms. The molecule has 1 amide bonds. The average Bonchev–Trinajstić information content (AvgIpc) is 2.72. The third-order valence-electron chi connectivity index (χ3n) is 4.53. The number of carbonyl (C=O) groups is 3. The van der Waals surface area contributed by atoms with E-state index in [2.05, 4.69) is 5.32 Å². The second kappa shape index (κ2) is 6.53. The van der Waals surface area contributed by atoms with Crippen LogP contribution in [0.25, 0.3) is 0 Å². The quantitative estimate of drug-likeness (QED) is 0.606. The number of anilines is 1. The fraction of sp³-hybridized carbons (Fsp3) is 0.0455. The summed E-state index contributed by atoms with van der Waals surface area (Å²) in [5, 5.41) is 2.76. The fourth-order valence-electron chi connectivity index (χ4n) is 3.21. The average molecular weight is 357 g/mol. The van der Waals surface area contributed by atoms with Gasteiger partial charge in [-0.2, -0.15) is 0 Å². The standard InChI is InChI=1S/C22H15NO4/c1-27-19-9-5-4-8-17(19)22(26)23-13-10-11-16-18(12-13)21(25)15-7-3-2-6-14(15)20(16)24/h2-12H,1H3,(H,23,26). The molecule has 0 saturated carbocycles. The normalized spacial score (nSPS) is 12.2. The minimum Gasteiger partial charge on any atom is -0.496 e. The zero-order chi connectivity index (χ0) is 19.0. The van der Waals surface area contributed by atoms with Crippen molar-refractivity contribution in [3.05, 3.63) is 94.5 Å². The molecule has 132 valence electrons. The number of ether oxygens (including phenoxy) is 1. The molecule has 3 aromatic rings. The summed E-state index contributed by atoms with van der Waals surface area (Å²) in [5.74, 6) is -0.327. The Hall–Kier alpha value is -3.73. The Kier molecular flexibility index (Phi) is 4.05. The van der Waals surface area contributed by atoms with Crippen molar-refractivity contribution in [2.75, 3.05) is 12.4 Å². The molecule has 5 nitrogen and oxygen atoms in total. The van der Waals surface area contributed by atoms with E-state index in [1.54, 1.807) is 66.7 Å². The molecule has 0 radical (unpaired) electrons. The van der Waals surface area contributed by atoms with Crippen molar-refractivity contribution in [2.24, 2.45) is 0 Å². The topological polar surface area (TPSA) is 72.5 Å². The second-order valence-electron chi connectivity index (χ2n) is 6.12. The van der Waals surface area contributed by atoms with Crippen molar-refractivity contribution in [1.82, 2.24) is 0 Å². The minimum atomic E-state index is -0.359. The number of benzene rings is 3. The van der Waals surface area contributed by atoms with Crippen molar-refractivity contribution < 1.29 is 19.1 Å². The molecule has 0 unspecified atom stereocenters. The Labute approximate surface area is 155 Å². The predicted octanol–water partition coefficient (Wildman–Crippen LogP) is 3.72. The number of methoxy groups -OCH3 is 1. The number of fused-ring (bicyclic) bond motifs is 2. The number of rotatable bonds is 3. The Bertz CT molecular complexity index is 1100. The summed E-state index contributed by atoms with van der Waals surface area (Å²) < 4.78 is 5.21. The number of para-hydroxylation sites is 1. The van der Waals surface area contributed by atoms with Gasteiger partial charge in [-0.3, -0.25) is 14.4 Å².